The van der Waals surface area contributed by atoms with Crippen molar-refractivity contribution >= 4 is 23.2 Å². The zero-order chi connectivity index (χ0) is 13.9. The van der Waals surface area contributed by atoms with Crippen LogP contribution in [0.25, 0.3) is 0 Å². The maximum absolute atomic E-state index is 14.6. The van der Waals surface area contributed by atoms with Crippen molar-refractivity contribution in [3.63, 3.8) is 0 Å². The lowest BCUT2D eigenvalue weighted by atomic mass is 9.91. The molecular weight excluding hydrogens is 288 g/mol. The van der Waals surface area contributed by atoms with Crippen LogP contribution >= 0.6 is 23.2 Å². The molecule has 1 fully saturated rings. The summed E-state index contributed by atoms with van der Waals surface area (Å²) in [6.45, 7) is 3.67. The highest BCUT2D eigenvalue weighted by Crippen LogP contribution is 2.28. The second-order valence-electron chi connectivity index (χ2n) is 5.27. The fraction of sp³-hybridized carbons (Fsp3) is 0.571. The fourth-order valence-corrected chi connectivity index (χ4v) is 2.73. The van der Waals surface area contributed by atoms with Crippen LogP contribution in [-0.2, 0) is 11.2 Å². The molecule has 5 heteroatoms. The summed E-state index contributed by atoms with van der Waals surface area (Å²) in [5.41, 5.74) is -0.439. The summed E-state index contributed by atoms with van der Waals surface area (Å²) in [5, 5.41) is 4.23. The number of halogens is 3. The summed E-state index contributed by atoms with van der Waals surface area (Å²) in [7, 11) is 0. The first-order chi connectivity index (χ1) is 8.96. The van der Waals surface area contributed by atoms with E-state index < -0.39 is 5.67 Å². The first kappa shape index (κ1) is 15.0. The minimum absolute atomic E-state index is 0.0755. The largest absolute Gasteiger partial charge is 0.379 e. The van der Waals surface area contributed by atoms with Gasteiger partial charge in [-0.25, -0.2) is 4.39 Å². The van der Waals surface area contributed by atoms with Gasteiger partial charge in [-0.2, -0.15) is 0 Å². The normalized spacial score (nSPS) is 23.1. The minimum atomic E-state index is -1.30. The van der Waals surface area contributed by atoms with Crippen LogP contribution in [-0.4, -0.2) is 31.5 Å². The van der Waals surface area contributed by atoms with Gasteiger partial charge in [0.25, 0.3) is 0 Å². The van der Waals surface area contributed by atoms with Crippen LogP contribution in [0, 0.1) is 0 Å². The summed E-state index contributed by atoms with van der Waals surface area (Å²) in [4.78, 5) is 0. The molecule has 0 bridgehead atoms. The Balaban J connectivity index is 1.96. The van der Waals surface area contributed by atoms with Crippen molar-refractivity contribution in [2.75, 3.05) is 19.8 Å². The van der Waals surface area contributed by atoms with Gasteiger partial charge >= 0.3 is 0 Å². The molecule has 2 rings (SSSR count). The second-order valence-corrected chi connectivity index (χ2v) is 6.08. The summed E-state index contributed by atoms with van der Waals surface area (Å²) >= 11 is 11.8. The Morgan fingerprint density at radius 3 is 2.84 bits per heavy atom. The van der Waals surface area contributed by atoms with Gasteiger partial charge in [-0.05, 0) is 31.0 Å². The van der Waals surface area contributed by atoms with Crippen LogP contribution in [0.3, 0.4) is 0 Å². The molecule has 2 atom stereocenters. The van der Waals surface area contributed by atoms with Crippen LogP contribution < -0.4 is 5.32 Å². The SMILES string of the molecule is CC(F)(Cc1ccc(Cl)c(Cl)c1)CC1COCCN1. The lowest BCUT2D eigenvalue weighted by Gasteiger charge is -2.30. The smallest absolute Gasteiger partial charge is 0.113 e. The van der Waals surface area contributed by atoms with E-state index in [1.807, 2.05) is 6.07 Å². The monoisotopic (exact) mass is 305 g/mol. The number of rotatable bonds is 4. The van der Waals surface area contributed by atoms with Crippen LogP contribution in [0.2, 0.25) is 10.0 Å². The molecule has 106 valence electrons. The molecule has 0 saturated carbocycles. The lowest BCUT2D eigenvalue weighted by molar-refractivity contribution is 0.0483. The molecular formula is C14H18Cl2FNO. The van der Waals surface area contributed by atoms with Crippen molar-refractivity contribution in [2.24, 2.45) is 0 Å². The average molecular weight is 306 g/mol. The Morgan fingerprint density at radius 1 is 1.42 bits per heavy atom. The quantitative estimate of drug-likeness (QED) is 0.917. The third-order valence-electron chi connectivity index (χ3n) is 3.23. The Morgan fingerprint density at radius 2 is 2.21 bits per heavy atom. The molecule has 0 spiro atoms. The van der Waals surface area contributed by atoms with Crippen molar-refractivity contribution in [1.82, 2.24) is 5.32 Å². The predicted octanol–water partition coefficient (Wildman–Crippen LogP) is 3.64. The first-order valence-corrected chi connectivity index (χ1v) is 7.16. The minimum Gasteiger partial charge on any atom is -0.379 e. The fourth-order valence-electron chi connectivity index (χ4n) is 2.41. The van der Waals surface area contributed by atoms with Gasteiger partial charge in [0.1, 0.15) is 5.67 Å². The van der Waals surface area contributed by atoms with Crippen LogP contribution in [0.1, 0.15) is 18.9 Å². The summed E-state index contributed by atoms with van der Waals surface area (Å²) in [6, 6.07) is 5.33. The van der Waals surface area contributed by atoms with Gasteiger partial charge in [-0.1, -0.05) is 29.3 Å². The Kier molecular flexibility index (Phi) is 5.07. The molecule has 0 aromatic heterocycles. The van der Waals surface area contributed by atoms with Gasteiger partial charge in [0.2, 0.25) is 0 Å². The van der Waals surface area contributed by atoms with Crippen LogP contribution in [0.15, 0.2) is 18.2 Å². The van der Waals surface area contributed by atoms with Gasteiger partial charge < -0.3 is 10.1 Å². The van der Waals surface area contributed by atoms with E-state index in [1.165, 1.54) is 0 Å². The molecule has 0 amide bonds. The van der Waals surface area contributed by atoms with E-state index in [4.69, 9.17) is 27.9 Å². The lowest BCUT2D eigenvalue weighted by Crippen LogP contribution is -2.45. The Bertz CT molecular complexity index is 433. The Labute approximate surface area is 123 Å². The first-order valence-electron chi connectivity index (χ1n) is 6.40. The van der Waals surface area contributed by atoms with E-state index in [0.29, 0.717) is 36.1 Å². The summed E-state index contributed by atoms with van der Waals surface area (Å²) in [5.74, 6) is 0. The maximum Gasteiger partial charge on any atom is 0.113 e. The van der Waals surface area contributed by atoms with Crippen LogP contribution in [0.5, 0.6) is 0 Å². The highest BCUT2D eigenvalue weighted by molar-refractivity contribution is 6.42. The number of benzene rings is 1. The third kappa shape index (κ3) is 4.60. The molecule has 1 saturated heterocycles. The Hall–Kier alpha value is -0.350. The number of hydrogen-bond acceptors (Lipinski definition) is 2. The van der Waals surface area contributed by atoms with Crippen molar-refractivity contribution < 1.29 is 9.13 Å². The van der Waals surface area contributed by atoms with Gasteiger partial charge in [-0.15, -0.1) is 0 Å². The molecule has 0 radical (unpaired) electrons. The van der Waals surface area contributed by atoms with E-state index in [2.05, 4.69) is 5.32 Å². The van der Waals surface area contributed by atoms with Crippen LogP contribution in [0.4, 0.5) is 4.39 Å². The molecule has 19 heavy (non-hydrogen) atoms. The number of nitrogens with one attached hydrogen (secondary N) is 1. The van der Waals surface area contributed by atoms with Gasteiger partial charge in [-0.3, -0.25) is 0 Å². The second kappa shape index (κ2) is 6.40. The summed E-state index contributed by atoms with van der Waals surface area (Å²) < 4.78 is 20.0. The number of alkyl halides is 1. The highest BCUT2D eigenvalue weighted by Gasteiger charge is 2.29. The van der Waals surface area contributed by atoms with Crippen molar-refractivity contribution in [1.29, 1.82) is 0 Å². The zero-order valence-corrected chi connectivity index (χ0v) is 12.4. The molecule has 1 aliphatic rings. The molecule has 2 nitrogen and oxygen atoms in total. The highest BCUT2D eigenvalue weighted by atomic mass is 35.5. The molecule has 1 aliphatic heterocycles. The third-order valence-corrected chi connectivity index (χ3v) is 3.97. The van der Waals surface area contributed by atoms with E-state index in [9.17, 15) is 4.39 Å². The molecule has 1 aromatic carbocycles. The van der Waals surface area contributed by atoms with E-state index in [0.717, 1.165) is 12.1 Å². The van der Waals surface area contributed by atoms with Crippen molar-refractivity contribution in [3.8, 4) is 0 Å². The van der Waals surface area contributed by atoms with E-state index >= 15 is 0 Å². The molecule has 1 heterocycles. The zero-order valence-electron chi connectivity index (χ0n) is 10.9. The predicted molar refractivity (Wildman–Crippen MR) is 76.9 cm³/mol. The maximum atomic E-state index is 14.6. The van der Waals surface area contributed by atoms with Crippen molar-refractivity contribution in [3.05, 3.63) is 33.8 Å². The molecule has 1 aromatic rings. The molecule has 0 aliphatic carbocycles. The number of hydrogen-bond donors (Lipinski definition) is 1. The van der Waals surface area contributed by atoms with Gasteiger partial charge in [0.05, 0.1) is 23.3 Å². The average Bonchev–Trinajstić information content (AvgIpc) is 2.34. The number of ether oxygens (including phenoxy) is 1. The molecule has 1 N–H and O–H groups in total. The number of morpholine rings is 1. The summed E-state index contributed by atoms with van der Waals surface area (Å²) in [6.07, 6.45) is 0.745. The van der Waals surface area contributed by atoms with Crippen molar-refractivity contribution in [2.45, 2.75) is 31.5 Å². The van der Waals surface area contributed by atoms with E-state index in [-0.39, 0.29) is 6.04 Å². The molecule has 2 unspecified atom stereocenters. The van der Waals surface area contributed by atoms with Gasteiger partial charge in [0.15, 0.2) is 0 Å². The topological polar surface area (TPSA) is 21.3 Å². The van der Waals surface area contributed by atoms with E-state index in [1.54, 1.807) is 19.1 Å². The standard InChI is InChI=1S/C14H18Cl2FNO/c1-14(17,8-11-9-19-5-4-18-11)7-10-2-3-12(15)13(16)6-10/h2-3,6,11,18H,4-5,7-9H2,1H3. The van der Waals surface area contributed by atoms with Gasteiger partial charge in [0, 0.05) is 19.0 Å².